The van der Waals surface area contributed by atoms with Crippen molar-refractivity contribution >= 4 is 11.6 Å². The molecule has 2 N–H and O–H groups in total. The molecule has 1 amide bonds. The second kappa shape index (κ2) is 6.58. The summed E-state index contributed by atoms with van der Waals surface area (Å²) in [5.74, 6) is 0.0866. The van der Waals surface area contributed by atoms with Crippen molar-refractivity contribution in [3.05, 3.63) is 59.9 Å². The van der Waals surface area contributed by atoms with Gasteiger partial charge in [0.2, 0.25) is 0 Å². The van der Waals surface area contributed by atoms with E-state index in [0.717, 1.165) is 32.7 Å². The number of piperazine rings is 1. The molecule has 0 aliphatic carbocycles. The highest BCUT2D eigenvalue weighted by Gasteiger charge is 2.21. The number of carbonyl (C=O) groups is 1. The van der Waals surface area contributed by atoms with E-state index >= 15 is 0 Å². The molecule has 114 valence electrons. The van der Waals surface area contributed by atoms with Crippen LogP contribution in [0.2, 0.25) is 0 Å². The minimum absolute atomic E-state index is 0.0866. The van der Waals surface area contributed by atoms with E-state index in [2.05, 4.69) is 9.88 Å². The number of hydrogen-bond acceptors (Lipinski definition) is 4. The summed E-state index contributed by atoms with van der Waals surface area (Å²) in [7, 11) is 0. The molecule has 5 nitrogen and oxygen atoms in total. The Morgan fingerprint density at radius 1 is 1.00 bits per heavy atom. The van der Waals surface area contributed by atoms with Crippen LogP contribution >= 0.6 is 0 Å². The fourth-order valence-corrected chi connectivity index (χ4v) is 2.66. The van der Waals surface area contributed by atoms with Crippen LogP contribution in [0.5, 0.6) is 0 Å². The fraction of sp³-hybridized carbons (Fsp3) is 0.294. The van der Waals surface area contributed by atoms with Crippen LogP contribution in [-0.2, 0) is 6.54 Å². The third-order valence-electron chi connectivity index (χ3n) is 3.97. The Bertz CT molecular complexity index is 619. The molecule has 0 atom stereocenters. The highest BCUT2D eigenvalue weighted by atomic mass is 16.2. The molecule has 3 rings (SSSR count). The van der Waals surface area contributed by atoms with E-state index in [9.17, 15) is 4.79 Å². The SMILES string of the molecule is Nc1ccc(C(=O)N2CCN(Cc3ccncc3)CC2)cc1. The first kappa shape index (κ1) is 14.5. The summed E-state index contributed by atoms with van der Waals surface area (Å²) >= 11 is 0. The number of carbonyl (C=O) groups excluding carboxylic acids is 1. The van der Waals surface area contributed by atoms with Gasteiger partial charge < -0.3 is 10.6 Å². The van der Waals surface area contributed by atoms with Gasteiger partial charge in [0.05, 0.1) is 0 Å². The summed E-state index contributed by atoms with van der Waals surface area (Å²) in [4.78, 5) is 20.7. The predicted molar refractivity (Wildman–Crippen MR) is 86.3 cm³/mol. The van der Waals surface area contributed by atoms with E-state index in [1.165, 1.54) is 5.56 Å². The molecule has 0 spiro atoms. The molecule has 0 bridgehead atoms. The molecule has 1 fully saturated rings. The summed E-state index contributed by atoms with van der Waals surface area (Å²) in [5.41, 5.74) is 8.30. The summed E-state index contributed by atoms with van der Waals surface area (Å²) < 4.78 is 0. The van der Waals surface area contributed by atoms with E-state index in [1.807, 2.05) is 29.4 Å². The van der Waals surface area contributed by atoms with E-state index in [0.29, 0.717) is 11.3 Å². The maximum atomic E-state index is 12.4. The lowest BCUT2D eigenvalue weighted by Crippen LogP contribution is -2.48. The molecule has 1 aromatic carbocycles. The first-order valence-corrected chi connectivity index (χ1v) is 7.48. The lowest BCUT2D eigenvalue weighted by atomic mass is 10.1. The molecule has 0 unspecified atom stereocenters. The number of hydrogen-bond donors (Lipinski definition) is 1. The molecule has 0 radical (unpaired) electrons. The van der Waals surface area contributed by atoms with Crippen LogP contribution < -0.4 is 5.73 Å². The Labute approximate surface area is 130 Å². The van der Waals surface area contributed by atoms with Crippen LogP contribution in [0.3, 0.4) is 0 Å². The van der Waals surface area contributed by atoms with E-state index in [-0.39, 0.29) is 5.91 Å². The quantitative estimate of drug-likeness (QED) is 0.874. The normalized spacial score (nSPS) is 15.7. The highest BCUT2D eigenvalue weighted by Crippen LogP contribution is 2.12. The highest BCUT2D eigenvalue weighted by molar-refractivity contribution is 5.94. The zero-order valence-electron chi connectivity index (χ0n) is 12.5. The van der Waals surface area contributed by atoms with E-state index < -0.39 is 0 Å². The van der Waals surface area contributed by atoms with Crippen molar-refractivity contribution in [2.24, 2.45) is 0 Å². The molecule has 1 saturated heterocycles. The van der Waals surface area contributed by atoms with Crippen molar-refractivity contribution in [3.8, 4) is 0 Å². The van der Waals surface area contributed by atoms with Crippen LogP contribution in [0, 0.1) is 0 Å². The topological polar surface area (TPSA) is 62.5 Å². The van der Waals surface area contributed by atoms with E-state index in [4.69, 9.17) is 5.73 Å². The maximum Gasteiger partial charge on any atom is 0.253 e. The predicted octanol–water partition coefficient (Wildman–Crippen LogP) is 1.62. The zero-order valence-corrected chi connectivity index (χ0v) is 12.5. The van der Waals surface area contributed by atoms with Crippen molar-refractivity contribution in [1.82, 2.24) is 14.8 Å². The van der Waals surface area contributed by atoms with E-state index in [1.54, 1.807) is 24.3 Å². The van der Waals surface area contributed by atoms with Gasteiger partial charge in [-0.3, -0.25) is 14.7 Å². The number of benzene rings is 1. The third-order valence-corrected chi connectivity index (χ3v) is 3.97. The fourth-order valence-electron chi connectivity index (χ4n) is 2.66. The third kappa shape index (κ3) is 3.43. The molecule has 22 heavy (non-hydrogen) atoms. The Hall–Kier alpha value is -2.40. The number of nitrogens with two attached hydrogens (primary N) is 1. The summed E-state index contributed by atoms with van der Waals surface area (Å²) in [6.45, 7) is 4.21. The van der Waals surface area contributed by atoms with Crippen molar-refractivity contribution in [1.29, 1.82) is 0 Å². The second-order valence-electron chi connectivity index (χ2n) is 5.55. The van der Waals surface area contributed by atoms with Gasteiger partial charge in [0.15, 0.2) is 0 Å². The number of amides is 1. The van der Waals surface area contributed by atoms with Gasteiger partial charge in [0.25, 0.3) is 5.91 Å². The van der Waals surface area contributed by atoms with Gasteiger partial charge in [-0.25, -0.2) is 0 Å². The second-order valence-corrected chi connectivity index (χ2v) is 5.55. The number of anilines is 1. The first-order valence-electron chi connectivity index (χ1n) is 7.48. The van der Waals surface area contributed by atoms with Crippen molar-refractivity contribution in [3.63, 3.8) is 0 Å². The van der Waals surface area contributed by atoms with Gasteiger partial charge in [-0.1, -0.05) is 0 Å². The van der Waals surface area contributed by atoms with Gasteiger partial charge in [0, 0.05) is 56.4 Å². The molecule has 5 heteroatoms. The Kier molecular flexibility index (Phi) is 4.34. The van der Waals surface area contributed by atoms with Crippen LogP contribution in [0.25, 0.3) is 0 Å². The average molecular weight is 296 g/mol. The van der Waals surface area contributed by atoms with Crippen molar-refractivity contribution in [2.45, 2.75) is 6.54 Å². The van der Waals surface area contributed by atoms with Crippen LogP contribution in [0.15, 0.2) is 48.8 Å². The van der Waals surface area contributed by atoms with Gasteiger partial charge >= 0.3 is 0 Å². The van der Waals surface area contributed by atoms with Crippen molar-refractivity contribution in [2.75, 3.05) is 31.9 Å². The Balaban J connectivity index is 1.55. The van der Waals surface area contributed by atoms with Gasteiger partial charge in [-0.05, 0) is 42.0 Å². The number of nitrogens with zero attached hydrogens (tertiary/aromatic N) is 3. The lowest BCUT2D eigenvalue weighted by Gasteiger charge is -2.34. The number of rotatable bonds is 3. The zero-order chi connectivity index (χ0) is 15.4. The lowest BCUT2D eigenvalue weighted by molar-refractivity contribution is 0.0628. The smallest absolute Gasteiger partial charge is 0.253 e. The van der Waals surface area contributed by atoms with Crippen LogP contribution in [0.1, 0.15) is 15.9 Å². The molecule has 2 heterocycles. The summed E-state index contributed by atoms with van der Waals surface area (Å²) in [5, 5.41) is 0. The number of aromatic nitrogens is 1. The monoisotopic (exact) mass is 296 g/mol. The number of nitrogen functional groups attached to an aromatic ring is 1. The standard InChI is InChI=1S/C17H20N4O/c18-16-3-1-15(2-4-16)17(22)21-11-9-20(10-12-21)13-14-5-7-19-8-6-14/h1-8H,9-13,18H2. The van der Waals surface area contributed by atoms with Gasteiger partial charge in [-0.2, -0.15) is 0 Å². The average Bonchev–Trinajstić information content (AvgIpc) is 2.57. The maximum absolute atomic E-state index is 12.4. The largest absolute Gasteiger partial charge is 0.399 e. The Morgan fingerprint density at radius 2 is 1.64 bits per heavy atom. The van der Waals surface area contributed by atoms with Crippen molar-refractivity contribution < 1.29 is 4.79 Å². The minimum Gasteiger partial charge on any atom is -0.399 e. The minimum atomic E-state index is 0.0866. The van der Waals surface area contributed by atoms with Crippen LogP contribution in [-0.4, -0.2) is 46.9 Å². The number of pyridine rings is 1. The van der Waals surface area contributed by atoms with Crippen LogP contribution in [0.4, 0.5) is 5.69 Å². The Morgan fingerprint density at radius 3 is 2.27 bits per heavy atom. The summed E-state index contributed by atoms with van der Waals surface area (Å²) in [6, 6.07) is 11.2. The molecular formula is C17H20N4O. The molecule has 1 aliphatic rings. The first-order chi connectivity index (χ1) is 10.7. The molecule has 0 saturated carbocycles. The molecule has 1 aliphatic heterocycles. The molecular weight excluding hydrogens is 276 g/mol. The molecule has 2 aromatic rings. The van der Waals surface area contributed by atoms with Gasteiger partial charge in [0.1, 0.15) is 0 Å². The van der Waals surface area contributed by atoms with Gasteiger partial charge in [-0.15, -0.1) is 0 Å². The summed E-state index contributed by atoms with van der Waals surface area (Å²) in [6.07, 6.45) is 3.63. The molecule has 1 aromatic heterocycles.